The maximum Gasteiger partial charge on any atom is 0.336 e. The van der Waals surface area contributed by atoms with Gasteiger partial charge in [-0.05, 0) is 55.7 Å². The lowest BCUT2D eigenvalue weighted by molar-refractivity contribution is -0.121. The van der Waals surface area contributed by atoms with Crippen LogP contribution in [0.4, 0.5) is 0 Å². The minimum atomic E-state index is -0.547. The standard InChI is InChI=1S/C23H25N3O4S/c1-30-18-9-5-8-17(14-18)26-22(28)21-19(11-13-31-21)25(23(26)29)15-20(27)24-12-10-16-6-3-2-4-7-16/h5-6,8-9,11,13-14H,2-4,7,10,12,15H2,1H3,(H,24,27). The van der Waals surface area contributed by atoms with Crippen molar-refractivity contribution in [1.82, 2.24) is 14.5 Å². The minimum absolute atomic E-state index is 0.143. The highest BCUT2D eigenvalue weighted by atomic mass is 32.1. The number of ether oxygens (including phenoxy) is 1. The number of rotatable bonds is 7. The molecule has 0 saturated carbocycles. The number of nitrogens with one attached hydrogen (secondary N) is 1. The van der Waals surface area contributed by atoms with Gasteiger partial charge in [0.05, 0.1) is 18.3 Å². The van der Waals surface area contributed by atoms with Gasteiger partial charge in [0.1, 0.15) is 17.0 Å². The third-order valence-electron chi connectivity index (χ3n) is 5.52. The predicted molar refractivity (Wildman–Crippen MR) is 122 cm³/mol. The number of fused-ring (bicyclic) bond motifs is 1. The molecule has 1 aromatic carbocycles. The molecule has 3 aromatic rings. The van der Waals surface area contributed by atoms with Gasteiger partial charge in [0.15, 0.2) is 0 Å². The summed E-state index contributed by atoms with van der Waals surface area (Å²) in [4.78, 5) is 38.9. The number of hydrogen-bond acceptors (Lipinski definition) is 5. The number of aromatic nitrogens is 2. The molecule has 0 aliphatic heterocycles. The zero-order chi connectivity index (χ0) is 21.8. The maximum absolute atomic E-state index is 13.3. The molecule has 1 N–H and O–H groups in total. The number of methoxy groups -OCH3 is 1. The van der Waals surface area contributed by atoms with Gasteiger partial charge in [-0.3, -0.25) is 14.2 Å². The first kappa shape index (κ1) is 21.1. The number of carbonyl (C=O) groups is 1. The van der Waals surface area contributed by atoms with E-state index in [1.165, 1.54) is 41.4 Å². The van der Waals surface area contributed by atoms with Crippen molar-refractivity contribution in [1.29, 1.82) is 0 Å². The molecular formula is C23H25N3O4S. The molecule has 1 amide bonds. The summed E-state index contributed by atoms with van der Waals surface area (Å²) in [6.07, 6.45) is 7.74. The van der Waals surface area contributed by atoms with Crippen LogP contribution in [0.15, 0.2) is 57.0 Å². The first-order valence-electron chi connectivity index (χ1n) is 10.4. The zero-order valence-corrected chi connectivity index (χ0v) is 18.2. The topological polar surface area (TPSA) is 82.3 Å². The second kappa shape index (κ2) is 9.34. The molecule has 0 fully saturated rings. The van der Waals surface area contributed by atoms with Crippen LogP contribution in [0, 0.1) is 0 Å². The van der Waals surface area contributed by atoms with Gasteiger partial charge in [-0.1, -0.05) is 17.7 Å². The van der Waals surface area contributed by atoms with Crippen molar-refractivity contribution in [3.63, 3.8) is 0 Å². The van der Waals surface area contributed by atoms with Crippen LogP contribution in [-0.2, 0) is 11.3 Å². The van der Waals surface area contributed by atoms with E-state index >= 15 is 0 Å². The van der Waals surface area contributed by atoms with Crippen molar-refractivity contribution in [3.05, 3.63) is 68.2 Å². The lowest BCUT2D eigenvalue weighted by Crippen LogP contribution is -2.41. The zero-order valence-electron chi connectivity index (χ0n) is 17.4. The fourth-order valence-corrected chi connectivity index (χ4v) is 4.74. The van der Waals surface area contributed by atoms with E-state index in [1.54, 1.807) is 35.7 Å². The molecule has 0 unspecified atom stereocenters. The quantitative estimate of drug-likeness (QED) is 0.573. The predicted octanol–water partition coefficient (Wildman–Crippen LogP) is 3.23. The van der Waals surface area contributed by atoms with E-state index in [9.17, 15) is 14.4 Å². The summed E-state index contributed by atoms with van der Waals surface area (Å²) < 4.78 is 8.12. The van der Waals surface area contributed by atoms with Gasteiger partial charge < -0.3 is 10.1 Å². The number of allylic oxidation sites excluding steroid dienone is 1. The van der Waals surface area contributed by atoms with E-state index < -0.39 is 11.2 Å². The highest BCUT2D eigenvalue weighted by Crippen LogP contribution is 2.20. The number of thiophene rings is 1. The molecule has 0 bridgehead atoms. The van der Waals surface area contributed by atoms with Gasteiger partial charge in [0, 0.05) is 12.6 Å². The molecule has 1 aliphatic rings. The Kier molecular flexibility index (Phi) is 6.36. The monoisotopic (exact) mass is 439 g/mol. The van der Waals surface area contributed by atoms with Gasteiger partial charge in [-0.15, -0.1) is 11.3 Å². The lowest BCUT2D eigenvalue weighted by atomic mass is 9.97. The average molecular weight is 440 g/mol. The molecule has 2 aromatic heterocycles. The van der Waals surface area contributed by atoms with Crippen LogP contribution >= 0.6 is 11.3 Å². The Bertz CT molecular complexity index is 1250. The van der Waals surface area contributed by atoms with Crippen molar-refractivity contribution in [2.75, 3.05) is 13.7 Å². The van der Waals surface area contributed by atoms with Crippen molar-refractivity contribution >= 4 is 27.5 Å². The molecular weight excluding hydrogens is 414 g/mol. The minimum Gasteiger partial charge on any atom is -0.497 e. The summed E-state index contributed by atoms with van der Waals surface area (Å²) in [5.74, 6) is 0.290. The Balaban J connectivity index is 1.62. The van der Waals surface area contributed by atoms with Crippen LogP contribution < -0.4 is 21.3 Å². The van der Waals surface area contributed by atoms with Crippen molar-refractivity contribution in [3.8, 4) is 11.4 Å². The molecule has 0 radical (unpaired) electrons. The van der Waals surface area contributed by atoms with Gasteiger partial charge in [-0.25, -0.2) is 9.36 Å². The van der Waals surface area contributed by atoms with Crippen molar-refractivity contribution < 1.29 is 9.53 Å². The molecule has 1 aliphatic carbocycles. The Hall–Kier alpha value is -3.13. The van der Waals surface area contributed by atoms with Crippen molar-refractivity contribution in [2.45, 2.75) is 38.6 Å². The number of amides is 1. The van der Waals surface area contributed by atoms with Crippen LogP contribution in [-0.4, -0.2) is 28.7 Å². The summed E-state index contributed by atoms with van der Waals surface area (Å²) in [5.41, 5.74) is 1.32. The highest BCUT2D eigenvalue weighted by Gasteiger charge is 2.18. The molecule has 0 spiro atoms. The molecule has 0 saturated heterocycles. The van der Waals surface area contributed by atoms with Gasteiger partial charge in [0.2, 0.25) is 5.91 Å². The smallest absolute Gasteiger partial charge is 0.336 e. The highest BCUT2D eigenvalue weighted by molar-refractivity contribution is 7.17. The van der Waals surface area contributed by atoms with Crippen LogP contribution in [0.5, 0.6) is 5.75 Å². The van der Waals surface area contributed by atoms with Gasteiger partial charge in [-0.2, -0.15) is 0 Å². The SMILES string of the molecule is COc1cccc(-n2c(=O)c3sccc3n(CC(=O)NCCC3=CCCCC3)c2=O)c1. The largest absolute Gasteiger partial charge is 0.497 e. The molecule has 2 heterocycles. The normalized spacial score (nSPS) is 13.8. The first-order chi connectivity index (χ1) is 15.1. The van der Waals surface area contributed by atoms with Crippen LogP contribution in [0.1, 0.15) is 32.1 Å². The van der Waals surface area contributed by atoms with Gasteiger partial charge in [0.25, 0.3) is 5.56 Å². The summed E-state index contributed by atoms with van der Waals surface area (Å²) in [6, 6.07) is 8.47. The Morgan fingerprint density at radius 3 is 2.87 bits per heavy atom. The summed E-state index contributed by atoms with van der Waals surface area (Å²) in [6.45, 7) is 0.400. The van der Waals surface area contributed by atoms with Gasteiger partial charge >= 0.3 is 5.69 Å². The fraction of sp³-hybridized carbons (Fsp3) is 0.348. The fourth-order valence-electron chi connectivity index (χ4n) is 3.91. The lowest BCUT2D eigenvalue weighted by Gasteiger charge is -2.14. The van der Waals surface area contributed by atoms with E-state index in [1.807, 2.05) is 0 Å². The summed E-state index contributed by atoms with van der Waals surface area (Å²) in [7, 11) is 1.52. The van der Waals surface area contributed by atoms with Crippen LogP contribution in [0.25, 0.3) is 15.9 Å². The number of nitrogens with zero attached hydrogens (tertiary/aromatic N) is 2. The Morgan fingerprint density at radius 2 is 2.10 bits per heavy atom. The van der Waals surface area contributed by atoms with E-state index in [0.29, 0.717) is 28.2 Å². The second-order valence-electron chi connectivity index (χ2n) is 7.55. The third-order valence-corrected chi connectivity index (χ3v) is 6.41. The van der Waals surface area contributed by atoms with E-state index in [-0.39, 0.29) is 12.5 Å². The maximum atomic E-state index is 13.3. The molecule has 8 heteroatoms. The third kappa shape index (κ3) is 4.49. The Labute approximate surface area is 183 Å². The average Bonchev–Trinajstić information content (AvgIpc) is 3.28. The van der Waals surface area contributed by atoms with E-state index in [2.05, 4.69) is 11.4 Å². The second-order valence-corrected chi connectivity index (χ2v) is 8.47. The molecule has 31 heavy (non-hydrogen) atoms. The van der Waals surface area contributed by atoms with Crippen molar-refractivity contribution in [2.24, 2.45) is 0 Å². The van der Waals surface area contributed by atoms with E-state index in [0.717, 1.165) is 23.8 Å². The van der Waals surface area contributed by atoms with Crippen LogP contribution in [0.3, 0.4) is 0 Å². The van der Waals surface area contributed by atoms with Crippen LogP contribution in [0.2, 0.25) is 0 Å². The number of carbonyl (C=O) groups excluding carboxylic acids is 1. The Morgan fingerprint density at radius 1 is 1.23 bits per heavy atom. The molecule has 7 nitrogen and oxygen atoms in total. The number of benzene rings is 1. The van der Waals surface area contributed by atoms with E-state index in [4.69, 9.17) is 4.74 Å². The summed E-state index contributed by atoms with van der Waals surface area (Å²) >= 11 is 1.26. The molecule has 162 valence electrons. The first-order valence-corrected chi connectivity index (χ1v) is 11.3. The molecule has 0 atom stereocenters. The molecule has 4 rings (SSSR count). The summed E-state index contributed by atoms with van der Waals surface area (Å²) in [5, 5.41) is 4.67. The number of hydrogen-bond donors (Lipinski definition) is 1.